The van der Waals surface area contributed by atoms with Crippen molar-refractivity contribution < 1.29 is 4.74 Å². The Morgan fingerprint density at radius 3 is 2.35 bits per heavy atom. The average Bonchev–Trinajstić information content (AvgIpc) is 2.82. The summed E-state index contributed by atoms with van der Waals surface area (Å²) in [6, 6.07) is 0.531. The number of methoxy groups -OCH3 is 1. The van der Waals surface area contributed by atoms with Crippen LogP contribution in [0.1, 0.15) is 63.5 Å². The lowest BCUT2D eigenvalue weighted by molar-refractivity contribution is 0.199. The summed E-state index contributed by atoms with van der Waals surface area (Å²) >= 11 is 0. The van der Waals surface area contributed by atoms with E-state index in [0.29, 0.717) is 6.04 Å². The molecule has 1 N–H and O–H groups in total. The molecule has 0 aliphatic carbocycles. The zero-order valence-corrected chi connectivity index (χ0v) is 13.8. The molecular weight excluding hydrogens is 250 g/mol. The van der Waals surface area contributed by atoms with E-state index in [1.807, 2.05) is 0 Å². The van der Waals surface area contributed by atoms with Gasteiger partial charge in [-0.2, -0.15) is 5.10 Å². The van der Waals surface area contributed by atoms with E-state index in [1.54, 1.807) is 7.11 Å². The molecule has 0 aliphatic heterocycles. The van der Waals surface area contributed by atoms with Crippen molar-refractivity contribution in [3.63, 3.8) is 0 Å². The Morgan fingerprint density at radius 1 is 1.15 bits per heavy atom. The first-order valence-electron chi connectivity index (χ1n) is 8.02. The number of rotatable bonds is 10. The van der Waals surface area contributed by atoms with Gasteiger partial charge in [-0.1, -0.05) is 27.7 Å². The average molecular weight is 281 g/mol. The molecule has 1 aromatic rings. The van der Waals surface area contributed by atoms with Gasteiger partial charge in [-0.3, -0.25) is 4.68 Å². The molecule has 0 fully saturated rings. The molecule has 4 nitrogen and oxygen atoms in total. The van der Waals surface area contributed by atoms with Crippen LogP contribution < -0.4 is 5.32 Å². The molecule has 116 valence electrons. The van der Waals surface area contributed by atoms with E-state index in [1.165, 1.54) is 17.0 Å². The Bertz CT molecular complexity index is 383. The predicted molar refractivity (Wildman–Crippen MR) is 84.2 cm³/mol. The van der Waals surface area contributed by atoms with E-state index < -0.39 is 0 Å². The van der Waals surface area contributed by atoms with Crippen molar-refractivity contribution in [1.29, 1.82) is 0 Å². The number of hydrogen-bond acceptors (Lipinski definition) is 3. The fourth-order valence-electron chi connectivity index (χ4n) is 2.74. The van der Waals surface area contributed by atoms with Crippen LogP contribution in [0.15, 0.2) is 0 Å². The molecule has 1 rings (SSSR count). The third-order valence-corrected chi connectivity index (χ3v) is 3.94. The summed E-state index contributed by atoms with van der Waals surface area (Å²) < 4.78 is 7.37. The molecular formula is C16H31N3O. The normalized spacial score (nSPS) is 11.5. The van der Waals surface area contributed by atoms with Gasteiger partial charge in [0, 0.05) is 31.5 Å². The minimum atomic E-state index is 0.531. The first-order valence-corrected chi connectivity index (χ1v) is 8.02. The van der Waals surface area contributed by atoms with Gasteiger partial charge in [0.2, 0.25) is 0 Å². The number of nitrogens with one attached hydrogen (secondary N) is 1. The van der Waals surface area contributed by atoms with E-state index in [0.717, 1.165) is 45.4 Å². The first-order chi connectivity index (χ1) is 9.73. The van der Waals surface area contributed by atoms with Crippen LogP contribution in [0.4, 0.5) is 0 Å². The van der Waals surface area contributed by atoms with Crippen molar-refractivity contribution in [1.82, 2.24) is 15.1 Å². The second kappa shape index (κ2) is 9.14. The highest BCUT2D eigenvalue weighted by molar-refractivity contribution is 5.27. The minimum absolute atomic E-state index is 0.531. The molecule has 0 atom stereocenters. The Kier molecular flexibility index (Phi) is 7.85. The van der Waals surface area contributed by atoms with Crippen LogP contribution in [0.5, 0.6) is 0 Å². The lowest BCUT2D eigenvalue weighted by atomic mass is 10.1. The molecule has 0 aliphatic rings. The van der Waals surface area contributed by atoms with Crippen molar-refractivity contribution in [2.24, 2.45) is 0 Å². The van der Waals surface area contributed by atoms with Gasteiger partial charge in [0.05, 0.1) is 18.3 Å². The van der Waals surface area contributed by atoms with Crippen LogP contribution in [0, 0.1) is 0 Å². The summed E-state index contributed by atoms with van der Waals surface area (Å²) in [5.41, 5.74) is 4.05. The second-order valence-corrected chi connectivity index (χ2v) is 5.16. The molecule has 0 bridgehead atoms. The third-order valence-electron chi connectivity index (χ3n) is 3.94. The molecule has 0 amide bonds. The fourth-order valence-corrected chi connectivity index (χ4v) is 2.74. The van der Waals surface area contributed by atoms with Crippen LogP contribution >= 0.6 is 0 Å². The second-order valence-electron chi connectivity index (χ2n) is 5.16. The molecule has 0 aromatic carbocycles. The van der Waals surface area contributed by atoms with Gasteiger partial charge in [-0.15, -0.1) is 0 Å². The minimum Gasteiger partial charge on any atom is -0.383 e. The quantitative estimate of drug-likeness (QED) is 0.670. The van der Waals surface area contributed by atoms with Crippen LogP contribution in [-0.4, -0.2) is 30.0 Å². The number of aryl methyl sites for hydroxylation is 1. The van der Waals surface area contributed by atoms with Crippen LogP contribution in [0.3, 0.4) is 0 Å². The molecule has 0 radical (unpaired) electrons. The molecule has 0 spiro atoms. The Balaban J connectivity index is 2.95. The zero-order valence-electron chi connectivity index (χ0n) is 13.8. The standard InChI is InChI=1S/C16H31N3O/c1-6-13(7-2)19-16(9-4)14(15(8-3)18-19)12-17-10-11-20-5/h13,17H,6-12H2,1-5H3. The maximum absolute atomic E-state index is 5.09. The summed E-state index contributed by atoms with van der Waals surface area (Å²) in [6.45, 7) is 11.5. The molecule has 20 heavy (non-hydrogen) atoms. The van der Waals surface area contributed by atoms with E-state index >= 15 is 0 Å². The molecule has 4 heteroatoms. The van der Waals surface area contributed by atoms with Crippen LogP contribution in [0.2, 0.25) is 0 Å². The number of ether oxygens (including phenoxy) is 1. The first kappa shape index (κ1) is 17.2. The van der Waals surface area contributed by atoms with Gasteiger partial charge in [-0.25, -0.2) is 0 Å². The highest BCUT2D eigenvalue weighted by Crippen LogP contribution is 2.23. The summed E-state index contributed by atoms with van der Waals surface area (Å²) in [7, 11) is 1.74. The van der Waals surface area contributed by atoms with Gasteiger partial charge < -0.3 is 10.1 Å². The molecule has 0 saturated carbocycles. The monoisotopic (exact) mass is 281 g/mol. The summed E-state index contributed by atoms with van der Waals surface area (Å²) in [5.74, 6) is 0. The van der Waals surface area contributed by atoms with Gasteiger partial charge in [0.1, 0.15) is 0 Å². The lowest BCUT2D eigenvalue weighted by Crippen LogP contribution is -2.20. The molecule has 1 heterocycles. The fraction of sp³-hybridized carbons (Fsp3) is 0.812. The van der Waals surface area contributed by atoms with E-state index in [-0.39, 0.29) is 0 Å². The van der Waals surface area contributed by atoms with Gasteiger partial charge in [0.15, 0.2) is 0 Å². The SMILES string of the molecule is CCc1nn(C(CC)CC)c(CC)c1CNCCOC. The van der Waals surface area contributed by atoms with Gasteiger partial charge in [-0.05, 0) is 25.7 Å². The van der Waals surface area contributed by atoms with E-state index in [2.05, 4.69) is 37.7 Å². The Labute approximate surface area is 123 Å². The summed E-state index contributed by atoms with van der Waals surface area (Å²) in [4.78, 5) is 0. The zero-order chi connectivity index (χ0) is 15.0. The Morgan fingerprint density at radius 2 is 1.85 bits per heavy atom. The Hall–Kier alpha value is -0.870. The number of hydrogen-bond donors (Lipinski definition) is 1. The largest absolute Gasteiger partial charge is 0.383 e. The maximum atomic E-state index is 5.09. The van der Waals surface area contributed by atoms with Crippen molar-refractivity contribution in [3.8, 4) is 0 Å². The third kappa shape index (κ3) is 4.06. The predicted octanol–water partition coefficient (Wildman–Crippen LogP) is 3.11. The molecule has 0 unspecified atom stereocenters. The van der Waals surface area contributed by atoms with Crippen molar-refractivity contribution >= 4 is 0 Å². The highest BCUT2D eigenvalue weighted by atomic mass is 16.5. The van der Waals surface area contributed by atoms with E-state index in [9.17, 15) is 0 Å². The topological polar surface area (TPSA) is 39.1 Å². The van der Waals surface area contributed by atoms with Crippen LogP contribution in [0.25, 0.3) is 0 Å². The number of aromatic nitrogens is 2. The smallest absolute Gasteiger partial charge is 0.0669 e. The highest BCUT2D eigenvalue weighted by Gasteiger charge is 2.19. The summed E-state index contributed by atoms with van der Waals surface area (Å²) in [5, 5.41) is 8.35. The van der Waals surface area contributed by atoms with Crippen LogP contribution in [-0.2, 0) is 24.1 Å². The summed E-state index contributed by atoms with van der Waals surface area (Å²) in [6.07, 6.45) is 4.34. The van der Waals surface area contributed by atoms with Crippen molar-refractivity contribution in [2.75, 3.05) is 20.3 Å². The van der Waals surface area contributed by atoms with E-state index in [4.69, 9.17) is 9.84 Å². The van der Waals surface area contributed by atoms with Crippen molar-refractivity contribution in [2.45, 2.75) is 66.0 Å². The maximum Gasteiger partial charge on any atom is 0.0669 e. The number of nitrogens with zero attached hydrogens (tertiary/aromatic N) is 2. The van der Waals surface area contributed by atoms with Gasteiger partial charge in [0.25, 0.3) is 0 Å². The lowest BCUT2D eigenvalue weighted by Gasteiger charge is -2.17. The molecule has 0 saturated heterocycles. The molecule has 1 aromatic heterocycles. The van der Waals surface area contributed by atoms with Gasteiger partial charge >= 0.3 is 0 Å². The van der Waals surface area contributed by atoms with Crippen molar-refractivity contribution in [3.05, 3.63) is 17.0 Å².